The van der Waals surface area contributed by atoms with E-state index in [4.69, 9.17) is 5.11 Å². The maximum atomic E-state index is 12.9. The number of hydrogen-bond donors (Lipinski definition) is 2. The van der Waals surface area contributed by atoms with Crippen molar-refractivity contribution in [3.63, 3.8) is 0 Å². The predicted octanol–water partition coefficient (Wildman–Crippen LogP) is 2.80. The van der Waals surface area contributed by atoms with Gasteiger partial charge in [0.1, 0.15) is 5.82 Å². The monoisotopic (exact) mass is 250 g/mol. The van der Waals surface area contributed by atoms with Crippen LogP contribution < -0.4 is 5.32 Å². The third-order valence-electron chi connectivity index (χ3n) is 2.20. The third-order valence-corrected chi connectivity index (χ3v) is 2.20. The number of aromatic nitrogens is 1. The van der Waals surface area contributed by atoms with Crippen molar-refractivity contribution in [2.24, 2.45) is 0 Å². The number of anilines is 2. The number of rotatable bonds is 3. The van der Waals surface area contributed by atoms with Gasteiger partial charge in [-0.3, -0.25) is 0 Å². The first kappa shape index (κ1) is 12.0. The van der Waals surface area contributed by atoms with Gasteiger partial charge in [0.25, 0.3) is 0 Å². The molecule has 1 aromatic heterocycles. The lowest BCUT2D eigenvalue weighted by Gasteiger charge is -2.05. The number of aromatic carboxylic acids is 1. The summed E-state index contributed by atoms with van der Waals surface area (Å²) in [7, 11) is 0. The zero-order valence-corrected chi connectivity index (χ0v) is 9.02. The lowest BCUT2D eigenvalue weighted by molar-refractivity contribution is 0.0696. The molecule has 0 radical (unpaired) electrons. The van der Waals surface area contributed by atoms with E-state index in [-0.39, 0.29) is 5.56 Å². The van der Waals surface area contributed by atoms with Crippen molar-refractivity contribution in [1.82, 2.24) is 4.98 Å². The second-order valence-electron chi connectivity index (χ2n) is 3.49. The summed E-state index contributed by atoms with van der Waals surface area (Å²) in [6.45, 7) is 0. The molecule has 0 aliphatic rings. The quantitative estimate of drug-likeness (QED) is 0.879. The summed E-state index contributed by atoms with van der Waals surface area (Å²) in [5.74, 6) is -2.65. The van der Waals surface area contributed by atoms with Crippen molar-refractivity contribution in [3.8, 4) is 0 Å². The van der Waals surface area contributed by atoms with Crippen LogP contribution in [0.2, 0.25) is 0 Å². The number of halogens is 2. The van der Waals surface area contributed by atoms with Gasteiger partial charge in [-0.25, -0.2) is 18.6 Å². The van der Waals surface area contributed by atoms with E-state index in [1.807, 2.05) is 0 Å². The fourth-order valence-electron chi connectivity index (χ4n) is 1.32. The lowest BCUT2D eigenvalue weighted by Crippen LogP contribution is -1.99. The maximum absolute atomic E-state index is 12.9. The molecular formula is C12H8F2N2O2. The summed E-state index contributed by atoms with van der Waals surface area (Å²) in [5.41, 5.74) is 0.371. The van der Waals surface area contributed by atoms with Crippen LogP contribution in [0.15, 0.2) is 36.5 Å². The molecule has 0 fully saturated rings. The first-order chi connectivity index (χ1) is 8.56. The molecule has 2 rings (SSSR count). The summed E-state index contributed by atoms with van der Waals surface area (Å²) < 4.78 is 25.6. The Labute approximate surface area is 101 Å². The summed E-state index contributed by atoms with van der Waals surface area (Å²) in [5, 5.41) is 11.4. The Morgan fingerprint density at radius 2 is 1.94 bits per heavy atom. The second-order valence-corrected chi connectivity index (χ2v) is 3.49. The molecule has 18 heavy (non-hydrogen) atoms. The van der Waals surface area contributed by atoms with Crippen LogP contribution in [0, 0.1) is 11.6 Å². The van der Waals surface area contributed by atoms with Crippen LogP contribution in [0.4, 0.5) is 20.3 Å². The number of hydrogen-bond acceptors (Lipinski definition) is 3. The molecule has 1 aromatic carbocycles. The highest BCUT2D eigenvalue weighted by molar-refractivity contribution is 5.87. The Hall–Kier alpha value is -2.50. The molecule has 0 aliphatic heterocycles. The van der Waals surface area contributed by atoms with Crippen molar-refractivity contribution in [2.45, 2.75) is 0 Å². The number of carbonyl (C=O) groups is 1. The lowest BCUT2D eigenvalue weighted by atomic mass is 10.2. The molecule has 92 valence electrons. The van der Waals surface area contributed by atoms with Gasteiger partial charge in [-0.1, -0.05) is 0 Å². The normalized spacial score (nSPS) is 10.1. The highest BCUT2D eigenvalue weighted by atomic mass is 19.2. The van der Waals surface area contributed by atoms with Crippen LogP contribution >= 0.6 is 0 Å². The number of nitrogens with one attached hydrogen (secondary N) is 1. The van der Waals surface area contributed by atoms with E-state index < -0.39 is 17.6 Å². The molecule has 2 aromatic rings. The van der Waals surface area contributed by atoms with Gasteiger partial charge >= 0.3 is 5.97 Å². The predicted molar refractivity (Wildman–Crippen MR) is 60.8 cm³/mol. The van der Waals surface area contributed by atoms with Gasteiger partial charge in [-0.15, -0.1) is 0 Å². The molecule has 0 atom stereocenters. The van der Waals surface area contributed by atoms with Gasteiger partial charge in [0.15, 0.2) is 11.6 Å². The Kier molecular flexibility index (Phi) is 3.18. The third kappa shape index (κ3) is 2.60. The summed E-state index contributed by atoms with van der Waals surface area (Å²) in [6, 6.07) is 6.12. The van der Waals surface area contributed by atoms with E-state index in [1.165, 1.54) is 24.4 Å². The smallest absolute Gasteiger partial charge is 0.337 e. The zero-order valence-electron chi connectivity index (χ0n) is 9.02. The Morgan fingerprint density at radius 1 is 1.17 bits per heavy atom. The molecule has 0 saturated heterocycles. The number of carboxylic acid groups (broad SMARTS) is 1. The summed E-state index contributed by atoms with van der Waals surface area (Å²) >= 11 is 0. The van der Waals surface area contributed by atoms with Crippen LogP contribution in [-0.2, 0) is 0 Å². The van der Waals surface area contributed by atoms with Crippen LogP contribution in [0.5, 0.6) is 0 Å². The van der Waals surface area contributed by atoms with Crippen LogP contribution in [0.3, 0.4) is 0 Å². The Morgan fingerprint density at radius 3 is 2.50 bits per heavy atom. The number of benzene rings is 1. The molecule has 2 N–H and O–H groups in total. The van der Waals surface area contributed by atoms with Crippen molar-refractivity contribution < 1.29 is 18.7 Å². The van der Waals surface area contributed by atoms with Gasteiger partial charge in [-0.05, 0) is 24.3 Å². The van der Waals surface area contributed by atoms with E-state index in [0.717, 1.165) is 12.1 Å². The highest BCUT2D eigenvalue weighted by Gasteiger charge is 2.05. The van der Waals surface area contributed by atoms with E-state index in [1.54, 1.807) is 0 Å². The van der Waals surface area contributed by atoms with Crippen molar-refractivity contribution >= 4 is 17.5 Å². The van der Waals surface area contributed by atoms with E-state index in [9.17, 15) is 13.6 Å². The van der Waals surface area contributed by atoms with Crippen molar-refractivity contribution in [2.75, 3.05) is 5.32 Å². The topological polar surface area (TPSA) is 62.2 Å². The largest absolute Gasteiger partial charge is 0.478 e. The second kappa shape index (κ2) is 4.79. The molecule has 0 saturated carbocycles. The van der Waals surface area contributed by atoms with E-state index >= 15 is 0 Å². The Balaban J connectivity index is 2.18. The maximum Gasteiger partial charge on any atom is 0.337 e. The van der Waals surface area contributed by atoms with E-state index in [2.05, 4.69) is 10.3 Å². The number of nitrogens with zero attached hydrogens (tertiary/aromatic N) is 1. The molecule has 1 heterocycles. The average Bonchev–Trinajstić information content (AvgIpc) is 2.34. The summed E-state index contributed by atoms with van der Waals surface area (Å²) in [4.78, 5) is 14.4. The summed E-state index contributed by atoms with van der Waals surface area (Å²) in [6.07, 6.45) is 1.17. The molecule has 0 spiro atoms. The van der Waals surface area contributed by atoms with Gasteiger partial charge < -0.3 is 10.4 Å². The average molecular weight is 250 g/mol. The number of carboxylic acids is 1. The fraction of sp³-hybridized carbons (Fsp3) is 0. The molecule has 0 bridgehead atoms. The van der Waals surface area contributed by atoms with Crippen LogP contribution in [-0.4, -0.2) is 16.1 Å². The molecule has 0 aliphatic carbocycles. The standard InChI is InChI=1S/C12H8F2N2O2/c13-9-3-2-8(5-10(9)14)16-11-4-1-7(6-15-11)12(17)18/h1-6H,(H,15,16)(H,17,18). The van der Waals surface area contributed by atoms with Gasteiger partial charge in [0, 0.05) is 18.0 Å². The minimum Gasteiger partial charge on any atom is -0.478 e. The molecular weight excluding hydrogens is 242 g/mol. The Bertz CT molecular complexity index is 585. The van der Waals surface area contributed by atoms with Crippen molar-refractivity contribution in [3.05, 3.63) is 53.7 Å². The molecule has 6 heteroatoms. The molecule has 0 amide bonds. The first-order valence-corrected chi connectivity index (χ1v) is 4.97. The van der Waals surface area contributed by atoms with Crippen LogP contribution in [0.1, 0.15) is 10.4 Å². The van der Waals surface area contributed by atoms with E-state index in [0.29, 0.717) is 11.5 Å². The van der Waals surface area contributed by atoms with Gasteiger partial charge in [-0.2, -0.15) is 0 Å². The fourth-order valence-corrected chi connectivity index (χ4v) is 1.32. The minimum atomic E-state index is -1.08. The minimum absolute atomic E-state index is 0.0471. The van der Waals surface area contributed by atoms with Crippen molar-refractivity contribution in [1.29, 1.82) is 0 Å². The number of pyridine rings is 1. The van der Waals surface area contributed by atoms with Gasteiger partial charge in [0.2, 0.25) is 0 Å². The SMILES string of the molecule is O=C(O)c1ccc(Nc2ccc(F)c(F)c2)nc1. The highest BCUT2D eigenvalue weighted by Crippen LogP contribution is 2.17. The van der Waals surface area contributed by atoms with Gasteiger partial charge in [0.05, 0.1) is 5.56 Å². The molecule has 4 nitrogen and oxygen atoms in total. The van der Waals surface area contributed by atoms with Crippen LogP contribution in [0.25, 0.3) is 0 Å². The molecule has 0 unspecified atom stereocenters. The zero-order chi connectivity index (χ0) is 13.1. The first-order valence-electron chi connectivity index (χ1n) is 4.97.